The van der Waals surface area contributed by atoms with Gasteiger partial charge in [0.15, 0.2) is 0 Å². The summed E-state index contributed by atoms with van der Waals surface area (Å²) >= 11 is 0. The molecule has 0 bridgehead atoms. The molecular weight excluding hydrogens is 198 g/mol. The Balaban J connectivity index is 2.69. The Labute approximate surface area is 99.0 Å². The molecule has 1 aromatic carbocycles. The van der Waals surface area contributed by atoms with Crippen LogP contribution in [0.2, 0.25) is 0 Å². The third-order valence-electron chi connectivity index (χ3n) is 3.32. The molecule has 16 heavy (non-hydrogen) atoms. The Kier molecular flexibility index (Phi) is 5.33. The van der Waals surface area contributed by atoms with E-state index in [-0.39, 0.29) is 0 Å². The van der Waals surface area contributed by atoms with Crippen molar-refractivity contribution in [2.24, 2.45) is 5.92 Å². The first kappa shape index (κ1) is 13.0. The van der Waals surface area contributed by atoms with E-state index in [0.29, 0.717) is 12.0 Å². The standard InChI is InChI=1S/C14H23NO/c1-5-13(11(2)15-3)9-12-7-6-8-14(10-12)16-4/h6-8,10-11,13,15H,5,9H2,1-4H3. The lowest BCUT2D eigenvalue weighted by Gasteiger charge is -2.22. The van der Waals surface area contributed by atoms with Crippen molar-refractivity contribution < 1.29 is 4.74 Å². The molecule has 0 heterocycles. The van der Waals surface area contributed by atoms with Gasteiger partial charge < -0.3 is 10.1 Å². The van der Waals surface area contributed by atoms with Gasteiger partial charge in [0, 0.05) is 6.04 Å². The van der Waals surface area contributed by atoms with Crippen molar-refractivity contribution in [3.63, 3.8) is 0 Å². The predicted molar refractivity (Wildman–Crippen MR) is 69.0 cm³/mol. The average molecular weight is 221 g/mol. The molecule has 0 aliphatic carbocycles. The minimum Gasteiger partial charge on any atom is -0.497 e. The summed E-state index contributed by atoms with van der Waals surface area (Å²) in [6, 6.07) is 8.91. The van der Waals surface area contributed by atoms with Gasteiger partial charge in [0.25, 0.3) is 0 Å². The van der Waals surface area contributed by atoms with Crippen molar-refractivity contribution in [1.29, 1.82) is 0 Å². The van der Waals surface area contributed by atoms with Crippen LogP contribution in [0.15, 0.2) is 24.3 Å². The van der Waals surface area contributed by atoms with Crippen LogP contribution in [-0.2, 0) is 6.42 Å². The molecule has 0 aliphatic heterocycles. The van der Waals surface area contributed by atoms with Crippen LogP contribution in [-0.4, -0.2) is 20.2 Å². The van der Waals surface area contributed by atoms with Crippen molar-refractivity contribution in [3.05, 3.63) is 29.8 Å². The molecule has 0 aliphatic rings. The van der Waals surface area contributed by atoms with Gasteiger partial charge in [0.05, 0.1) is 7.11 Å². The summed E-state index contributed by atoms with van der Waals surface area (Å²) < 4.78 is 5.24. The Morgan fingerprint density at radius 1 is 1.38 bits per heavy atom. The monoisotopic (exact) mass is 221 g/mol. The summed E-state index contributed by atoms with van der Waals surface area (Å²) in [6.07, 6.45) is 2.30. The first-order valence-corrected chi connectivity index (χ1v) is 6.01. The third kappa shape index (κ3) is 3.53. The number of methoxy groups -OCH3 is 1. The molecule has 1 aromatic rings. The van der Waals surface area contributed by atoms with Crippen LogP contribution in [0.3, 0.4) is 0 Å². The molecule has 0 spiro atoms. The first-order valence-electron chi connectivity index (χ1n) is 6.01. The van der Waals surface area contributed by atoms with Crippen LogP contribution in [0.25, 0.3) is 0 Å². The zero-order valence-electron chi connectivity index (χ0n) is 10.8. The Bertz CT molecular complexity index is 311. The molecule has 0 saturated heterocycles. The molecule has 0 fully saturated rings. The topological polar surface area (TPSA) is 21.3 Å². The highest BCUT2D eigenvalue weighted by Crippen LogP contribution is 2.19. The second kappa shape index (κ2) is 6.54. The van der Waals surface area contributed by atoms with E-state index in [2.05, 4.69) is 37.4 Å². The molecule has 1 N–H and O–H groups in total. The average Bonchev–Trinajstić information content (AvgIpc) is 2.35. The van der Waals surface area contributed by atoms with Gasteiger partial charge in [0.2, 0.25) is 0 Å². The summed E-state index contributed by atoms with van der Waals surface area (Å²) in [6.45, 7) is 4.49. The van der Waals surface area contributed by atoms with E-state index < -0.39 is 0 Å². The second-order valence-electron chi connectivity index (χ2n) is 4.30. The van der Waals surface area contributed by atoms with Crippen LogP contribution >= 0.6 is 0 Å². The van der Waals surface area contributed by atoms with E-state index >= 15 is 0 Å². The summed E-state index contributed by atoms with van der Waals surface area (Å²) in [7, 11) is 3.74. The molecule has 2 heteroatoms. The lowest BCUT2D eigenvalue weighted by molar-refractivity contribution is 0.379. The smallest absolute Gasteiger partial charge is 0.119 e. The number of rotatable bonds is 6. The third-order valence-corrected chi connectivity index (χ3v) is 3.32. The molecule has 0 saturated carbocycles. The highest BCUT2D eigenvalue weighted by Gasteiger charge is 2.14. The van der Waals surface area contributed by atoms with Gasteiger partial charge in [0.1, 0.15) is 5.75 Å². The van der Waals surface area contributed by atoms with Gasteiger partial charge in [-0.3, -0.25) is 0 Å². The van der Waals surface area contributed by atoms with Crippen molar-refractivity contribution in [2.45, 2.75) is 32.7 Å². The maximum Gasteiger partial charge on any atom is 0.119 e. The minimum absolute atomic E-state index is 0.552. The van der Waals surface area contributed by atoms with Crippen LogP contribution < -0.4 is 10.1 Å². The summed E-state index contributed by atoms with van der Waals surface area (Å²) in [5, 5.41) is 3.33. The van der Waals surface area contributed by atoms with E-state index in [1.807, 2.05) is 13.1 Å². The number of hydrogen-bond donors (Lipinski definition) is 1. The van der Waals surface area contributed by atoms with Crippen molar-refractivity contribution in [1.82, 2.24) is 5.32 Å². The molecule has 0 radical (unpaired) electrons. The van der Waals surface area contributed by atoms with Gasteiger partial charge in [-0.1, -0.05) is 25.5 Å². The minimum atomic E-state index is 0.552. The molecule has 0 aromatic heterocycles. The maximum atomic E-state index is 5.24. The Morgan fingerprint density at radius 3 is 2.69 bits per heavy atom. The fraction of sp³-hybridized carbons (Fsp3) is 0.571. The van der Waals surface area contributed by atoms with E-state index in [1.54, 1.807) is 7.11 Å². The lowest BCUT2D eigenvalue weighted by atomic mass is 9.91. The molecule has 2 unspecified atom stereocenters. The van der Waals surface area contributed by atoms with Crippen LogP contribution in [0.5, 0.6) is 5.75 Å². The Hall–Kier alpha value is -1.02. The first-order chi connectivity index (χ1) is 7.71. The van der Waals surface area contributed by atoms with Crippen LogP contribution in [0.4, 0.5) is 0 Å². The fourth-order valence-electron chi connectivity index (χ4n) is 2.01. The number of hydrogen-bond acceptors (Lipinski definition) is 2. The van der Waals surface area contributed by atoms with E-state index in [4.69, 9.17) is 4.74 Å². The molecule has 2 nitrogen and oxygen atoms in total. The van der Waals surface area contributed by atoms with Gasteiger partial charge in [-0.2, -0.15) is 0 Å². The molecule has 2 atom stereocenters. The highest BCUT2D eigenvalue weighted by atomic mass is 16.5. The van der Waals surface area contributed by atoms with Crippen molar-refractivity contribution >= 4 is 0 Å². The summed E-state index contributed by atoms with van der Waals surface area (Å²) in [4.78, 5) is 0. The largest absolute Gasteiger partial charge is 0.497 e. The van der Waals surface area contributed by atoms with Crippen molar-refractivity contribution in [2.75, 3.05) is 14.2 Å². The zero-order chi connectivity index (χ0) is 12.0. The van der Waals surface area contributed by atoms with E-state index in [0.717, 1.165) is 12.2 Å². The van der Waals surface area contributed by atoms with Crippen LogP contribution in [0.1, 0.15) is 25.8 Å². The number of nitrogens with one attached hydrogen (secondary N) is 1. The van der Waals surface area contributed by atoms with Crippen LogP contribution in [0, 0.1) is 5.92 Å². The van der Waals surface area contributed by atoms with E-state index in [9.17, 15) is 0 Å². The van der Waals surface area contributed by atoms with Gasteiger partial charge in [-0.25, -0.2) is 0 Å². The summed E-state index contributed by atoms with van der Waals surface area (Å²) in [5.74, 6) is 1.63. The lowest BCUT2D eigenvalue weighted by Crippen LogP contribution is -2.31. The van der Waals surface area contributed by atoms with Gasteiger partial charge in [-0.05, 0) is 44.0 Å². The maximum absolute atomic E-state index is 5.24. The molecule has 90 valence electrons. The molecule has 1 rings (SSSR count). The normalized spacial score (nSPS) is 14.5. The fourth-order valence-corrected chi connectivity index (χ4v) is 2.01. The van der Waals surface area contributed by atoms with Gasteiger partial charge >= 0.3 is 0 Å². The van der Waals surface area contributed by atoms with Gasteiger partial charge in [-0.15, -0.1) is 0 Å². The van der Waals surface area contributed by atoms with Crippen molar-refractivity contribution in [3.8, 4) is 5.75 Å². The van der Waals surface area contributed by atoms with E-state index in [1.165, 1.54) is 12.0 Å². The number of ether oxygens (including phenoxy) is 1. The Morgan fingerprint density at radius 2 is 2.12 bits per heavy atom. The molecule has 0 amide bonds. The number of benzene rings is 1. The highest BCUT2D eigenvalue weighted by molar-refractivity contribution is 5.28. The summed E-state index contributed by atoms with van der Waals surface area (Å²) in [5.41, 5.74) is 1.35. The zero-order valence-corrected chi connectivity index (χ0v) is 10.8. The SMILES string of the molecule is CCC(Cc1cccc(OC)c1)C(C)NC. The quantitative estimate of drug-likeness (QED) is 0.797. The second-order valence-corrected chi connectivity index (χ2v) is 4.30. The predicted octanol–water partition coefficient (Wildman–Crippen LogP) is 2.87. The molecular formula is C14H23NO.